The third-order valence-corrected chi connectivity index (χ3v) is 5.55. The van der Waals surface area contributed by atoms with E-state index in [1.165, 1.54) is 0 Å². The number of hydrogen-bond donors (Lipinski definition) is 2. The van der Waals surface area contributed by atoms with Crippen LogP contribution in [0, 0.1) is 12.8 Å². The van der Waals surface area contributed by atoms with Gasteiger partial charge in [0.05, 0.1) is 11.4 Å². The molecule has 3 amide bonds. The highest BCUT2D eigenvalue weighted by Gasteiger charge is 2.25. The van der Waals surface area contributed by atoms with Crippen LogP contribution in [0.25, 0.3) is 5.69 Å². The van der Waals surface area contributed by atoms with Gasteiger partial charge in [-0.3, -0.25) is 4.79 Å². The van der Waals surface area contributed by atoms with Gasteiger partial charge in [0.15, 0.2) is 5.69 Å². The Balaban J connectivity index is 1.86. The SMILES string of the molecule is CCNC(=O)N1CCc2c(cccc2-n2nnc(C(=O)NC(C)C(C)C)c2C)C1. The fraction of sp³-hybridized carbons (Fsp3) is 0.524. The molecule has 0 saturated heterocycles. The zero-order valence-electron chi connectivity index (χ0n) is 17.8. The molecule has 1 atom stereocenters. The minimum absolute atomic E-state index is 0.0429. The van der Waals surface area contributed by atoms with E-state index < -0.39 is 0 Å². The molecular formula is C21H30N6O2. The highest BCUT2D eigenvalue weighted by Crippen LogP contribution is 2.26. The summed E-state index contributed by atoms with van der Waals surface area (Å²) in [6.07, 6.45) is 0.730. The first-order valence-corrected chi connectivity index (χ1v) is 10.2. The fourth-order valence-electron chi connectivity index (χ4n) is 3.43. The fourth-order valence-corrected chi connectivity index (χ4v) is 3.43. The van der Waals surface area contributed by atoms with Crippen LogP contribution < -0.4 is 10.6 Å². The Labute approximate surface area is 171 Å². The van der Waals surface area contributed by atoms with Gasteiger partial charge in [0.2, 0.25) is 0 Å². The van der Waals surface area contributed by atoms with Crippen molar-refractivity contribution in [1.29, 1.82) is 0 Å². The van der Waals surface area contributed by atoms with Crippen molar-refractivity contribution in [3.63, 3.8) is 0 Å². The third kappa shape index (κ3) is 4.26. The van der Waals surface area contributed by atoms with Gasteiger partial charge >= 0.3 is 6.03 Å². The lowest BCUT2D eigenvalue weighted by molar-refractivity contribution is 0.0924. The molecule has 0 saturated carbocycles. The van der Waals surface area contributed by atoms with E-state index in [1.54, 1.807) is 4.68 Å². The van der Waals surface area contributed by atoms with Crippen molar-refractivity contribution >= 4 is 11.9 Å². The molecule has 2 heterocycles. The lowest BCUT2D eigenvalue weighted by Crippen LogP contribution is -2.42. The van der Waals surface area contributed by atoms with Crippen molar-refractivity contribution in [2.24, 2.45) is 5.92 Å². The first-order valence-electron chi connectivity index (χ1n) is 10.2. The van der Waals surface area contributed by atoms with Gasteiger partial charge in [0, 0.05) is 25.7 Å². The van der Waals surface area contributed by atoms with Crippen molar-refractivity contribution in [2.45, 2.75) is 53.6 Å². The molecule has 1 aliphatic rings. The lowest BCUT2D eigenvalue weighted by atomic mass is 9.98. The minimum atomic E-state index is -0.206. The van der Waals surface area contributed by atoms with E-state index >= 15 is 0 Å². The Kier molecular flexibility index (Phi) is 6.20. The van der Waals surface area contributed by atoms with E-state index in [4.69, 9.17) is 0 Å². The van der Waals surface area contributed by atoms with Gasteiger partial charge in [-0.2, -0.15) is 0 Å². The summed E-state index contributed by atoms with van der Waals surface area (Å²) in [7, 11) is 0. The number of carbonyl (C=O) groups is 2. The normalized spacial score (nSPS) is 14.5. The Morgan fingerprint density at radius 1 is 1.24 bits per heavy atom. The maximum absolute atomic E-state index is 12.6. The molecular weight excluding hydrogens is 368 g/mol. The second kappa shape index (κ2) is 8.63. The Hall–Kier alpha value is -2.90. The zero-order valence-corrected chi connectivity index (χ0v) is 17.8. The molecule has 1 unspecified atom stereocenters. The van der Waals surface area contributed by atoms with Crippen molar-refractivity contribution in [3.8, 4) is 5.69 Å². The first kappa shape index (κ1) is 20.8. The van der Waals surface area contributed by atoms with E-state index in [9.17, 15) is 9.59 Å². The van der Waals surface area contributed by atoms with E-state index in [0.29, 0.717) is 36.9 Å². The topological polar surface area (TPSA) is 92.2 Å². The first-order chi connectivity index (χ1) is 13.8. The van der Waals surface area contributed by atoms with Crippen molar-refractivity contribution < 1.29 is 9.59 Å². The second-order valence-electron chi connectivity index (χ2n) is 7.86. The third-order valence-electron chi connectivity index (χ3n) is 5.55. The number of rotatable bonds is 5. The molecule has 2 aromatic rings. The monoisotopic (exact) mass is 398 g/mol. The number of fused-ring (bicyclic) bond motifs is 1. The van der Waals surface area contributed by atoms with Crippen molar-refractivity contribution in [2.75, 3.05) is 13.1 Å². The predicted octanol–water partition coefficient (Wildman–Crippen LogP) is 2.44. The van der Waals surface area contributed by atoms with Crippen molar-refractivity contribution in [3.05, 3.63) is 40.7 Å². The molecule has 8 nitrogen and oxygen atoms in total. The lowest BCUT2D eigenvalue weighted by Gasteiger charge is -2.30. The molecule has 2 N–H and O–H groups in total. The Morgan fingerprint density at radius 2 is 2.00 bits per heavy atom. The number of hydrogen-bond acceptors (Lipinski definition) is 4. The van der Waals surface area contributed by atoms with E-state index in [1.807, 2.05) is 43.9 Å². The van der Waals surface area contributed by atoms with E-state index in [-0.39, 0.29) is 18.0 Å². The van der Waals surface area contributed by atoms with Gasteiger partial charge in [0.1, 0.15) is 0 Å². The van der Waals surface area contributed by atoms with Crippen LogP contribution in [-0.2, 0) is 13.0 Å². The second-order valence-corrected chi connectivity index (χ2v) is 7.86. The number of amides is 3. The van der Waals surface area contributed by atoms with Gasteiger partial charge in [-0.25, -0.2) is 9.48 Å². The average molecular weight is 399 g/mol. The summed E-state index contributed by atoms with van der Waals surface area (Å²) in [4.78, 5) is 26.6. The van der Waals surface area contributed by atoms with Gasteiger partial charge < -0.3 is 15.5 Å². The molecule has 0 spiro atoms. The molecule has 1 aromatic carbocycles. The van der Waals surface area contributed by atoms with Crippen LogP contribution >= 0.6 is 0 Å². The number of benzene rings is 1. The molecule has 0 aliphatic carbocycles. The number of urea groups is 1. The number of nitrogens with zero attached hydrogens (tertiary/aromatic N) is 4. The highest BCUT2D eigenvalue weighted by molar-refractivity contribution is 5.93. The summed E-state index contributed by atoms with van der Waals surface area (Å²) >= 11 is 0. The minimum Gasteiger partial charge on any atom is -0.348 e. The van der Waals surface area contributed by atoms with Crippen LogP contribution in [0.4, 0.5) is 4.79 Å². The smallest absolute Gasteiger partial charge is 0.317 e. The largest absolute Gasteiger partial charge is 0.348 e. The maximum Gasteiger partial charge on any atom is 0.317 e. The van der Waals surface area contributed by atoms with Crippen LogP contribution in [0.3, 0.4) is 0 Å². The average Bonchev–Trinajstić information content (AvgIpc) is 3.08. The maximum atomic E-state index is 12.6. The standard InChI is InChI=1S/C21H30N6O2/c1-6-22-21(29)26-11-10-17-16(12-26)8-7-9-18(17)27-15(5)19(24-25-27)20(28)23-14(4)13(2)3/h7-9,13-14H,6,10-12H2,1-5H3,(H,22,29)(H,23,28). The van der Waals surface area contributed by atoms with Gasteiger partial charge in [-0.1, -0.05) is 31.2 Å². The molecule has 1 aliphatic heterocycles. The summed E-state index contributed by atoms with van der Waals surface area (Å²) in [5.74, 6) is 0.130. The van der Waals surface area contributed by atoms with Crippen molar-refractivity contribution in [1.82, 2.24) is 30.5 Å². The Morgan fingerprint density at radius 3 is 2.69 bits per heavy atom. The highest BCUT2D eigenvalue weighted by atomic mass is 16.2. The number of aromatic nitrogens is 3. The Bertz CT molecular complexity index is 905. The summed E-state index contributed by atoms with van der Waals surface area (Å²) in [5, 5.41) is 14.3. The molecule has 0 fully saturated rings. The molecule has 29 heavy (non-hydrogen) atoms. The summed E-state index contributed by atoms with van der Waals surface area (Å²) in [6, 6.07) is 5.99. The van der Waals surface area contributed by atoms with Crippen LogP contribution in [0.15, 0.2) is 18.2 Å². The van der Waals surface area contributed by atoms with E-state index in [2.05, 4.69) is 34.8 Å². The molecule has 0 bridgehead atoms. The van der Waals surface area contributed by atoms with Crippen LogP contribution in [0.5, 0.6) is 0 Å². The number of nitrogens with one attached hydrogen (secondary N) is 2. The summed E-state index contributed by atoms with van der Waals surface area (Å²) < 4.78 is 1.73. The predicted molar refractivity (Wildman–Crippen MR) is 111 cm³/mol. The quantitative estimate of drug-likeness (QED) is 0.809. The molecule has 0 radical (unpaired) electrons. The molecule has 1 aromatic heterocycles. The molecule has 156 valence electrons. The van der Waals surface area contributed by atoms with Crippen LogP contribution in [-0.4, -0.2) is 51.0 Å². The van der Waals surface area contributed by atoms with Crippen LogP contribution in [0.1, 0.15) is 55.0 Å². The number of carbonyl (C=O) groups excluding carboxylic acids is 2. The van der Waals surface area contributed by atoms with E-state index in [0.717, 1.165) is 23.2 Å². The zero-order chi connectivity index (χ0) is 21.1. The molecule has 3 rings (SSSR count). The summed E-state index contributed by atoms with van der Waals surface area (Å²) in [6.45, 7) is 11.7. The van der Waals surface area contributed by atoms with Gasteiger partial charge in [-0.15, -0.1) is 5.10 Å². The molecule has 8 heteroatoms. The van der Waals surface area contributed by atoms with Crippen LogP contribution in [0.2, 0.25) is 0 Å². The van der Waals surface area contributed by atoms with Gasteiger partial charge in [0.25, 0.3) is 5.91 Å². The summed E-state index contributed by atoms with van der Waals surface area (Å²) in [5.41, 5.74) is 4.20. The van der Waals surface area contributed by atoms with Gasteiger partial charge in [-0.05, 0) is 50.3 Å².